The van der Waals surface area contributed by atoms with E-state index < -0.39 is 10.0 Å². The van der Waals surface area contributed by atoms with E-state index in [9.17, 15) is 13.2 Å². The van der Waals surface area contributed by atoms with Crippen LogP contribution in [0.3, 0.4) is 0 Å². The van der Waals surface area contributed by atoms with E-state index in [2.05, 4.69) is 5.32 Å². The van der Waals surface area contributed by atoms with E-state index >= 15 is 0 Å². The Morgan fingerprint density at radius 1 is 1.23 bits per heavy atom. The van der Waals surface area contributed by atoms with Crippen LogP contribution in [0, 0.1) is 6.92 Å². The summed E-state index contributed by atoms with van der Waals surface area (Å²) in [6.07, 6.45) is 3.46. The second kappa shape index (κ2) is 9.18. The van der Waals surface area contributed by atoms with Gasteiger partial charge in [0.25, 0.3) is 5.91 Å². The normalized spacial score (nSPS) is 17.5. The molecule has 6 nitrogen and oxygen atoms in total. The summed E-state index contributed by atoms with van der Waals surface area (Å²) < 4.78 is 33.6. The molecule has 30 heavy (non-hydrogen) atoms. The molecule has 1 aliphatic heterocycles. The molecule has 0 bridgehead atoms. The number of ether oxygens (including phenoxy) is 1. The molecule has 7 heteroatoms. The number of aryl methyl sites for hydroxylation is 2. The first kappa shape index (κ1) is 22.3. The number of hydrogen-bond donors (Lipinski definition) is 1. The summed E-state index contributed by atoms with van der Waals surface area (Å²) in [6.45, 7) is 6.37. The van der Waals surface area contributed by atoms with Gasteiger partial charge in [-0.2, -0.15) is 4.31 Å². The Balaban J connectivity index is 1.98. The van der Waals surface area contributed by atoms with Crippen LogP contribution in [-0.2, 0) is 16.4 Å². The predicted octanol–water partition coefficient (Wildman–Crippen LogP) is 4.38. The van der Waals surface area contributed by atoms with Gasteiger partial charge in [0.1, 0.15) is 10.6 Å². The zero-order valence-corrected chi connectivity index (χ0v) is 18.9. The van der Waals surface area contributed by atoms with Gasteiger partial charge in [-0.05, 0) is 62.4 Å². The number of nitrogens with one attached hydrogen (secondary N) is 1. The summed E-state index contributed by atoms with van der Waals surface area (Å²) >= 11 is 0. The SMILES string of the molecule is CCc1cccc(C)c1NC(=O)c1ccc(OC)c(S(=O)(=O)N2CCCCC2C)c1. The molecule has 3 rings (SSSR count). The van der Waals surface area contributed by atoms with Gasteiger partial charge in [-0.25, -0.2) is 8.42 Å². The number of methoxy groups -OCH3 is 1. The van der Waals surface area contributed by atoms with E-state index in [-0.39, 0.29) is 28.2 Å². The maximum absolute atomic E-state index is 13.4. The van der Waals surface area contributed by atoms with Crippen LogP contribution in [0.5, 0.6) is 5.75 Å². The maximum Gasteiger partial charge on any atom is 0.255 e. The second-order valence-electron chi connectivity index (χ2n) is 7.74. The molecule has 2 aromatic carbocycles. The van der Waals surface area contributed by atoms with E-state index in [1.54, 1.807) is 12.1 Å². The highest BCUT2D eigenvalue weighted by Crippen LogP contribution is 2.32. The van der Waals surface area contributed by atoms with Gasteiger partial charge in [-0.15, -0.1) is 0 Å². The summed E-state index contributed by atoms with van der Waals surface area (Å²) in [5.41, 5.74) is 3.05. The van der Waals surface area contributed by atoms with Gasteiger partial charge in [0, 0.05) is 23.8 Å². The van der Waals surface area contributed by atoms with Gasteiger partial charge >= 0.3 is 0 Å². The average molecular weight is 431 g/mol. The molecule has 1 N–H and O–H groups in total. The van der Waals surface area contributed by atoms with Crippen molar-refractivity contribution < 1.29 is 17.9 Å². The molecule has 0 saturated carbocycles. The minimum absolute atomic E-state index is 0.0342. The van der Waals surface area contributed by atoms with Crippen molar-refractivity contribution in [3.63, 3.8) is 0 Å². The number of anilines is 1. The first-order chi connectivity index (χ1) is 14.3. The Labute approximate surface area is 179 Å². The topological polar surface area (TPSA) is 75.7 Å². The number of sulfonamides is 1. The smallest absolute Gasteiger partial charge is 0.255 e. The number of carbonyl (C=O) groups excluding carboxylic acids is 1. The van der Waals surface area contributed by atoms with Gasteiger partial charge in [-0.1, -0.05) is 31.5 Å². The molecular formula is C23H30N2O4S. The standard InChI is InChI=1S/C23H30N2O4S/c1-5-18-11-8-9-16(2)22(18)24-23(26)19-12-13-20(29-4)21(15-19)30(27,28)25-14-7-6-10-17(25)3/h8-9,11-13,15,17H,5-7,10,14H2,1-4H3,(H,24,26). The zero-order valence-electron chi connectivity index (χ0n) is 18.1. The van der Waals surface area contributed by atoms with Crippen molar-refractivity contribution in [1.82, 2.24) is 4.31 Å². The quantitative estimate of drug-likeness (QED) is 0.738. The molecular weight excluding hydrogens is 400 g/mol. The second-order valence-corrected chi connectivity index (χ2v) is 9.60. The molecule has 0 aromatic heterocycles. The third-order valence-corrected chi connectivity index (χ3v) is 7.77. The fourth-order valence-electron chi connectivity index (χ4n) is 3.96. The highest BCUT2D eigenvalue weighted by Gasteiger charge is 2.33. The van der Waals surface area contributed by atoms with Gasteiger partial charge in [0.05, 0.1) is 7.11 Å². The number of benzene rings is 2. The summed E-state index contributed by atoms with van der Waals surface area (Å²) in [5, 5.41) is 2.96. The Bertz CT molecular complexity index is 1030. The van der Waals surface area contributed by atoms with E-state index in [1.165, 1.54) is 17.5 Å². The molecule has 1 aliphatic rings. The lowest BCUT2D eigenvalue weighted by atomic mass is 10.1. The molecule has 0 aliphatic carbocycles. The fourth-order valence-corrected chi connectivity index (χ4v) is 5.85. The number of carbonyl (C=O) groups is 1. The monoisotopic (exact) mass is 430 g/mol. The van der Waals surface area contributed by atoms with Crippen molar-refractivity contribution in [2.24, 2.45) is 0 Å². The minimum Gasteiger partial charge on any atom is -0.495 e. The third kappa shape index (κ3) is 4.37. The lowest BCUT2D eigenvalue weighted by Gasteiger charge is -2.32. The van der Waals surface area contributed by atoms with E-state index in [0.29, 0.717) is 6.54 Å². The van der Waals surface area contributed by atoms with Crippen molar-refractivity contribution in [2.75, 3.05) is 19.0 Å². The summed E-state index contributed by atoms with van der Waals surface area (Å²) in [7, 11) is -2.34. The number of rotatable bonds is 6. The molecule has 0 radical (unpaired) electrons. The summed E-state index contributed by atoms with van der Waals surface area (Å²) in [6, 6.07) is 10.4. The van der Waals surface area contributed by atoms with Crippen molar-refractivity contribution in [1.29, 1.82) is 0 Å². The highest BCUT2D eigenvalue weighted by molar-refractivity contribution is 7.89. The lowest BCUT2D eigenvalue weighted by molar-refractivity contribution is 0.102. The molecule has 1 saturated heterocycles. The van der Waals surface area contributed by atoms with Crippen LogP contribution in [-0.4, -0.2) is 38.3 Å². The van der Waals surface area contributed by atoms with Crippen LogP contribution >= 0.6 is 0 Å². The molecule has 1 atom stereocenters. The minimum atomic E-state index is -3.78. The number of para-hydroxylation sites is 1. The molecule has 0 spiro atoms. The molecule has 1 fully saturated rings. The number of piperidine rings is 1. The van der Waals surface area contributed by atoms with Gasteiger partial charge in [0.2, 0.25) is 10.0 Å². The molecule has 1 amide bonds. The third-order valence-electron chi connectivity index (χ3n) is 5.73. The van der Waals surface area contributed by atoms with E-state index in [4.69, 9.17) is 4.74 Å². The zero-order chi connectivity index (χ0) is 21.9. The highest BCUT2D eigenvalue weighted by atomic mass is 32.2. The fraction of sp³-hybridized carbons (Fsp3) is 0.435. The van der Waals surface area contributed by atoms with Gasteiger partial charge < -0.3 is 10.1 Å². The Kier molecular flexibility index (Phi) is 6.83. The maximum atomic E-state index is 13.4. The van der Waals surface area contributed by atoms with Crippen LogP contribution in [0.15, 0.2) is 41.3 Å². The molecule has 2 aromatic rings. The van der Waals surface area contributed by atoms with Crippen LogP contribution < -0.4 is 10.1 Å². The van der Waals surface area contributed by atoms with Crippen LogP contribution in [0.4, 0.5) is 5.69 Å². The number of hydrogen-bond acceptors (Lipinski definition) is 4. The number of amides is 1. The predicted molar refractivity (Wildman–Crippen MR) is 119 cm³/mol. The Morgan fingerprint density at radius 3 is 2.67 bits per heavy atom. The van der Waals surface area contributed by atoms with E-state index in [1.807, 2.05) is 39.0 Å². The van der Waals surface area contributed by atoms with Gasteiger partial charge in [-0.3, -0.25) is 4.79 Å². The number of nitrogens with zero attached hydrogens (tertiary/aromatic N) is 1. The Morgan fingerprint density at radius 2 is 2.00 bits per heavy atom. The first-order valence-electron chi connectivity index (χ1n) is 10.4. The van der Waals surface area contributed by atoms with Crippen LogP contribution in [0.1, 0.15) is 54.6 Å². The molecule has 162 valence electrons. The molecule has 1 heterocycles. The van der Waals surface area contributed by atoms with Crippen molar-refractivity contribution in [3.8, 4) is 5.75 Å². The van der Waals surface area contributed by atoms with Crippen molar-refractivity contribution in [3.05, 3.63) is 53.1 Å². The van der Waals surface area contributed by atoms with Crippen molar-refractivity contribution in [2.45, 2.75) is 57.4 Å². The van der Waals surface area contributed by atoms with E-state index in [0.717, 1.165) is 42.5 Å². The lowest BCUT2D eigenvalue weighted by Crippen LogP contribution is -2.42. The summed E-state index contributed by atoms with van der Waals surface area (Å²) in [5.74, 6) is -0.0979. The first-order valence-corrected chi connectivity index (χ1v) is 11.8. The summed E-state index contributed by atoms with van der Waals surface area (Å²) in [4.78, 5) is 13.0. The van der Waals surface area contributed by atoms with Crippen molar-refractivity contribution >= 4 is 21.6 Å². The van der Waals surface area contributed by atoms with Gasteiger partial charge in [0.15, 0.2) is 0 Å². The average Bonchev–Trinajstić information content (AvgIpc) is 2.74. The van der Waals surface area contributed by atoms with Crippen LogP contribution in [0.25, 0.3) is 0 Å². The molecule has 1 unspecified atom stereocenters. The largest absolute Gasteiger partial charge is 0.495 e. The van der Waals surface area contributed by atoms with Crippen LogP contribution in [0.2, 0.25) is 0 Å². The Hall–Kier alpha value is -2.38.